The first kappa shape index (κ1) is 11.1. The molecule has 0 unspecified atom stereocenters. The highest BCUT2D eigenvalue weighted by atomic mass is 32.2. The standard InChI is InChI=1S/C11H12N2O2S/c1-16(14,15)10-9(11(10,13)7-12)8-5-3-2-4-6-8/h2-6,9-10H,13H2,1H3/t9-,10+,11+/m1/s1. The molecule has 0 spiro atoms. The van der Waals surface area contributed by atoms with E-state index in [1.807, 2.05) is 24.3 Å². The molecule has 5 heteroatoms. The zero-order chi connectivity index (χ0) is 12.0. The van der Waals surface area contributed by atoms with Crippen molar-refractivity contribution in [3.05, 3.63) is 35.9 Å². The Labute approximate surface area is 94.6 Å². The van der Waals surface area contributed by atoms with Gasteiger partial charge in [-0.1, -0.05) is 30.3 Å². The van der Waals surface area contributed by atoms with Crippen molar-refractivity contribution in [2.45, 2.75) is 16.7 Å². The van der Waals surface area contributed by atoms with Gasteiger partial charge in [-0.2, -0.15) is 5.26 Å². The minimum absolute atomic E-state index is 0.409. The molecule has 0 aromatic heterocycles. The molecule has 0 heterocycles. The van der Waals surface area contributed by atoms with Crippen LogP contribution in [-0.4, -0.2) is 25.5 Å². The fourth-order valence-corrected chi connectivity index (χ4v) is 3.93. The van der Waals surface area contributed by atoms with Crippen molar-refractivity contribution < 1.29 is 8.42 Å². The lowest BCUT2D eigenvalue weighted by molar-refractivity contribution is 0.597. The van der Waals surface area contributed by atoms with Gasteiger partial charge in [0.05, 0.1) is 6.07 Å². The molecule has 2 N–H and O–H groups in total. The second-order valence-corrected chi connectivity index (χ2v) is 6.35. The minimum atomic E-state index is -3.29. The number of nitriles is 1. The molecule has 4 nitrogen and oxygen atoms in total. The molecule has 3 atom stereocenters. The molecule has 0 amide bonds. The van der Waals surface area contributed by atoms with Crippen LogP contribution in [0.4, 0.5) is 0 Å². The predicted octanol–water partition coefficient (Wildman–Crippen LogP) is 0.418. The number of nitrogens with two attached hydrogens (primary N) is 1. The Bertz CT molecular complexity index is 547. The molecule has 16 heavy (non-hydrogen) atoms. The molecule has 0 saturated heterocycles. The van der Waals surface area contributed by atoms with Crippen molar-refractivity contribution in [2.75, 3.05) is 6.26 Å². The summed E-state index contributed by atoms with van der Waals surface area (Å²) in [6, 6.07) is 11.0. The van der Waals surface area contributed by atoms with Crippen LogP contribution >= 0.6 is 0 Å². The zero-order valence-electron chi connectivity index (χ0n) is 8.79. The topological polar surface area (TPSA) is 83.9 Å². The van der Waals surface area contributed by atoms with Crippen LogP contribution in [0, 0.1) is 11.3 Å². The fraction of sp³-hybridized carbons (Fsp3) is 0.364. The summed E-state index contributed by atoms with van der Waals surface area (Å²) in [7, 11) is -3.29. The summed E-state index contributed by atoms with van der Waals surface area (Å²) in [5.74, 6) is -0.409. The van der Waals surface area contributed by atoms with E-state index >= 15 is 0 Å². The summed E-state index contributed by atoms with van der Waals surface area (Å²) in [6.07, 6.45) is 1.12. The van der Waals surface area contributed by atoms with Crippen LogP contribution in [0.1, 0.15) is 11.5 Å². The Morgan fingerprint density at radius 1 is 1.38 bits per heavy atom. The molecule has 1 saturated carbocycles. The first-order valence-electron chi connectivity index (χ1n) is 4.85. The quantitative estimate of drug-likeness (QED) is 0.806. The van der Waals surface area contributed by atoms with Crippen molar-refractivity contribution in [3.8, 4) is 6.07 Å². The van der Waals surface area contributed by atoms with E-state index in [-0.39, 0.29) is 0 Å². The van der Waals surface area contributed by atoms with Gasteiger partial charge < -0.3 is 5.73 Å². The van der Waals surface area contributed by atoms with Crippen LogP contribution in [0.2, 0.25) is 0 Å². The van der Waals surface area contributed by atoms with E-state index in [1.54, 1.807) is 12.1 Å². The highest BCUT2D eigenvalue weighted by Gasteiger charge is 2.69. The third-order valence-corrected chi connectivity index (χ3v) is 4.58. The van der Waals surface area contributed by atoms with Crippen LogP contribution in [0.25, 0.3) is 0 Å². The summed E-state index contributed by atoms with van der Waals surface area (Å²) in [6.45, 7) is 0. The molecule has 2 rings (SSSR count). The van der Waals surface area contributed by atoms with E-state index in [0.717, 1.165) is 11.8 Å². The third-order valence-electron chi connectivity index (χ3n) is 2.99. The van der Waals surface area contributed by atoms with Gasteiger partial charge in [0.25, 0.3) is 0 Å². The Kier molecular flexibility index (Phi) is 2.30. The summed E-state index contributed by atoms with van der Waals surface area (Å²) in [5, 5.41) is 8.21. The molecule has 1 aromatic rings. The molecular formula is C11H12N2O2S. The van der Waals surface area contributed by atoms with Crippen LogP contribution in [-0.2, 0) is 9.84 Å². The minimum Gasteiger partial charge on any atom is -0.312 e. The van der Waals surface area contributed by atoms with Gasteiger partial charge in [-0.3, -0.25) is 0 Å². The second kappa shape index (κ2) is 3.30. The molecule has 1 aliphatic carbocycles. The number of rotatable bonds is 2. The van der Waals surface area contributed by atoms with Gasteiger partial charge in [0.15, 0.2) is 9.84 Å². The van der Waals surface area contributed by atoms with Crippen molar-refractivity contribution in [1.29, 1.82) is 5.26 Å². The van der Waals surface area contributed by atoms with E-state index in [0.29, 0.717) is 0 Å². The van der Waals surface area contributed by atoms with E-state index in [2.05, 4.69) is 0 Å². The SMILES string of the molecule is CS(=O)(=O)[C@H]1[C@@H](c2ccccc2)[C@@]1(N)C#N. The first-order valence-corrected chi connectivity index (χ1v) is 6.80. The van der Waals surface area contributed by atoms with Crippen molar-refractivity contribution in [3.63, 3.8) is 0 Å². The second-order valence-electron chi connectivity index (χ2n) is 4.18. The monoisotopic (exact) mass is 236 g/mol. The molecular weight excluding hydrogens is 224 g/mol. The highest BCUT2D eigenvalue weighted by Crippen LogP contribution is 2.53. The average Bonchev–Trinajstić information content (AvgIpc) is 2.87. The maximum absolute atomic E-state index is 11.5. The lowest BCUT2D eigenvalue weighted by Gasteiger charge is -1.99. The van der Waals surface area contributed by atoms with Crippen LogP contribution < -0.4 is 5.73 Å². The number of hydrogen-bond acceptors (Lipinski definition) is 4. The third kappa shape index (κ3) is 1.51. The number of nitrogens with zero attached hydrogens (tertiary/aromatic N) is 1. The van der Waals surface area contributed by atoms with Crippen LogP contribution in [0.15, 0.2) is 30.3 Å². The van der Waals surface area contributed by atoms with Gasteiger partial charge in [-0.15, -0.1) is 0 Å². The maximum atomic E-state index is 11.5. The maximum Gasteiger partial charge on any atom is 0.153 e. The molecule has 1 aromatic carbocycles. The van der Waals surface area contributed by atoms with Crippen LogP contribution in [0.3, 0.4) is 0 Å². The molecule has 0 radical (unpaired) electrons. The molecule has 0 aliphatic heterocycles. The Balaban J connectivity index is 2.43. The lowest BCUT2D eigenvalue weighted by atomic mass is 10.1. The normalized spacial score (nSPS) is 33.1. The van der Waals surface area contributed by atoms with Gasteiger partial charge >= 0.3 is 0 Å². The van der Waals surface area contributed by atoms with E-state index in [9.17, 15) is 8.42 Å². The van der Waals surface area contributed by atoms with Crippen molar-refractivity contribution in [1.82, 2.24) is 0 Å². The average molecular weight is 236 g/mol. The van der Waals surface area contributed by atoms with E-state index < -0.39 is 26.5 Å². The highest BCUT2D eigenvalue weighted by molar-refractivity contribution is 7.91. The van der Waals surface area contributed by atoms with Gasteiger partial charge in [0.1, 0.15) is 10.8 Å². The Morgan fingerprint density at radius 2 is 1.94 bits per heavy atom. The predicted molar refractivity (Wildman–Crippen MR) is 60.3 cm³/mol. The van der Waals surface area contributed by atoms with Crippen molar-refractivity contribution >= 4 is 9.84 Å². The Hall–Kier alpha value is -1.38. The van der Waals surface area contributed by atoms with E-state index in [4.69, 9.17) is 11.0 Å². The molecule has 1 fully saturated rings. The van der Waals surface area contributed by atoms with Crippen LogP contribution in [0.5, 0.6) is 0 Å². The molecule has 84 valence electrons. The number of hydrogen-bond donors (Lipinski definition) is 1. The Morgan fingerprint density at radius 3 is 2.31 bits per heavy atom. The van der Waals surface area contributed by atoms with Gasteiger partial charge in [-0.05, 0) is 5.56 Å². The summed E-state index contributed by atoms with van der Waals surface area (Å²) in [5.41, 5.74) is 5.35. The van der Waals surface area contributed by atoms with E-state index in [1.165, 1.54) is 0 Å². The largest absolute Gasteiger partial charge is 0.312 e. The number of sulfone groups is 1. The summed E-state index contributed by atoms with van der Waals surface area (Å²) in [4.78, 5) is 0. The van der Waals surface area contributed by atoms with Gasteiger partial charge in [0, 0.05) is 12.2 Å². The zero-order valence-corrected chi connectivity index (χ0v) is 9.61. The molecule has 0 bridgehead atoms. The number of benzene rings is 1. The van der Waals surface area contributed by atoms with Crippen molar-refractivity contribution in [2.24, 2.45) is 5.73 Å². The van der Waals surface area contributed by atoms with Gasteiger partial charge in [-0.25, -0.2) is 8.42 Å². The molecule has 1 aliphatic rings. The summed E-state index contributed by atoms with van der Waals surface area (Å²) < 4.78 is 23.0. The summed E-state index contributed by atoms with van der Waals surface area (Å²) >= 11 is 0. The lowest BCUT2D eigenvalue weighted by Crippen LogP contribution is -2.28. The first-order chi connectivity index (χ1) is 7.41. The van der Waals surface area contributed by atoms with Gasteiger partial charge in [0.2, 0.25) is 0 Å². The smallest absolute Gasteiger partial charge is 0.153 e. The fourth-order valence-electron chi connectivity index (χ4n) is 2.22.